The Hall–Kier alpha value is -2.04. The molecule has 2 amide bonds. The van der Waals surface area contributed by atoms with E-state index in [2.05, 4.69) is 5.32 Å². The minimum Gasteiger partial charge on any atom is -0.494 e. The summed E-state index contributed by atoms with van der Waals surface area (Å²) in [4.78, 5) is 24.6. The number of carbonyl (C=O) groups excluding carboxylic acids is 2. The van der Waals surface area contributed by atoms with E-state index in [9.17, 15) is 9.59 Å². The first-order chi connectivity index (χ1) is 9.10. The van der Waals surface area contributed by atoms with Gasteiger partial charge in [0, 0.05) is 25.7 Å². The van der Waals surface area contributed by atoms with Gasteiger partial charge < -0.3 is 15.0 Å². The molecule has 19 heavy (non-hydrogen) atoms. The number of hydrogen-bond donors (Lipinski definition) is 1. The van der Waals surface area contributed by atoms with Gasteiger partial charge in [-0.2, -0.15) is 0 Å². The molecule has 5 nitrogen and oxygen atoms in total. The van der Waals surface area contributed by atoms with Gasteiger partial charge in [0.1, 0.15) is 5.75 Å². The summed E-state index contributed by atoms with van der Waals surface area (Å²) < 4.78 is 5.33. The fraction of sp³-hybridized carbons (Fsp3) is 0.429. The Balaban J connectivity index is 1.84. The molecule has 0 spiro atoms. The molecule has 5 heteroatoms. The van der Waals surface area contributed by atoms with Gasteiger partial charge in [-0.3, -0.25) is 9.59 Å². The Kier molecular flexibility index (Phi) is 4.04. The Morgan fingerprint density at radius 2 is 1.95 bits per heavy atom. The number of rotatable bonds is 4. The van der Waals surface area contributed by atoms with E-state index in [0.717, 1.165) is 11.4 Å². The summed E-state index contributed by atoms with van der Waals surface area (Å²) in [6.45, 7) is 5.08. The highest BCUT2D eigenvalue weighted by atomic mass is 16.5. The first kappa shape index (κ1) is 13.4. The first-order valence-electron chi connectivity index (χ1n) is 6.39. The third-order valence-electron chi connectivity index (χ3n) is 3.13. The van der Waals surface area contributed by atoms with E-state index in [1.165, 1.54) is 6.92 Å². The summed E-state index contributed by atoms with van der Waals surface area (Å²) in [5.41, 5.74) is 0.745. The predicted molar refractivity (Wildman–Crippen MR) is 72.0 cm³/mol. The maximum absolute atomic E-state index is 11.9. The van der Waals surface area contributed by atoms with Crippen LogP contribution in [0.15, 0.2) is 24.3 Å². The van der Waals surface area contributed by atoms with Crippen LogP contribution in [0.1, 0.15) is 13.8 Å². The molecular weight excluding hydrogens is 244 g/mol. The van der Waals surface area contributed by atoms with Gasteiger partial charge in [0.15, 0.2) is 0 Å². The third-order valence-corrected chi connectivity index (χ3v) is 3.13. The second-order valence-electron chi connectivity index (χ2n) is 4.57. The molecule has 0 aromatic heterocycles. The van der Waals surface area contributed by atoms with Crippen molar-refractivity contribution in [3.8, 4) is 5.75 Å². The molecule has 1 aromatic rings. The van der Waals surface area contributed by atoms with Crippen LogP contribution in [0.2, 0.25) is 0 Å². The molecule has 0 atom stereocenters. The van der Waals surface area contributed by atoms with Gasteiger partial charge in [-0.05, 0) is 31.2 Å². The molecule has 1 aliphatic rings. The molecule has 0 aliphatic carbocycles. The molecule has 0 radical (unpaired) electrons. The maximum atomic E-state index is 11.9. The molecule has 1 aromatic carbocycles. The van der Waals surface area contributed by atoms with Crippen molar-refractivity contribution in [1.29, 1.82) is 0 Å². The summed E-state index contributed by atoms with van der Waals surface area (Å²) in [5, 5.41) is 2.84. The SMILES string of the molecule is CCOc1ccc(NC(=O)C2CN(C(C)=O)C2)cc1. The van der Waals surface area contributed by atoms with Crippen LogP contribution in [0.3, 0.4) is 0 Å². The molecule has 1 fully saturated rings. The zero-order valence-corrected chi connectivity index (χ0v) is 11.2. The van der Waals surface area contributed by atoms with Crippen molar-refractivity contribution in [3.63, 3.8) is 0 Å². The minimum atomic E-state index is -0.101. The number of likely N-dealkylation sites (tertiary alicyclic amines) is 1. The quantitative estimate of drug-likeness (QED) is 0.894. The highest BCUT2D eigenvalue weighted by Crippen LogP contribution is 2.20. The van der Waals surface area contributed by atoms with E-state index in [1.54, 1.807) is 4.90 Å². The number of anilines is 1. The van der Waals surface area contributed by atoms with Crippen molar-refractivity contribution in [2.75, 3.05) is 25.0 Å². The molecule has 0 saturated carbocycles. The van der Waals surface area contributed by atoms with E-state index < -0.39 is 0 Å². The van der Waals surface area contributed by atoms with Crippen molar-refractivity contribution >= 4 is 17.5 Å². The fourth-order valence-electron chi connectivity index (χ4n) is 1.95. The zero-order valence-electron chi connectivity index (χ0n) is 11.2. The highest BCUT2D eigenvalue weighted by molar-refractivity contribution is 5.94. The van der Waals surface area contributed by atoms with E-state index in [1.807, 2.05) is 31.2 Å². The number of ether oxygens (including phenoxy) is 1. The molecule has 1 aliphatic heterocycles. The van der Waals surface area contributed by atoms with Crippen molar-refractivity contribution in [2.45, 2.75) is 13.8 Å². The van der Waals surface area contributed by atoms with Crippen LogP contribution in [0, 0.1) is 5.92 Å². The average Bonchev–Trinajstić information content (AvgIpc) is 2.29. The van der Waals surface area contributed by atoms with Gasteiger partial charge >= 0.3 is 0 Å². The molecule has 1 saturated heterocycles. The fourth-order valence-corrected chi connectivity index (χ4v) is 1.95. The summed E-state index contributed by atoms with van der Waals surface area (Å²) >= 11 is 0. The normalized spacial score (nSPS) is 14.7. The van der Waals surface area contributed by atoms with Crippen LogP contribution < -0.4 is 10.1 Å². The molecule has 2 rings (SSSR count). The lowest BCUT2D eigenvalue weighted by atomic mass is 9.99. The standard InChI is InChI=1S/C14H18N2O3/c1-3-19-13-6-4-12(5-7-13)15-14(18)11-8-16(9-11)10(2)17/h4-7,11H,3,8-9H2,1-2H3,(H,15,18). The summed E-state index contributed by atoms with van der Waals surface area (Å²) in [6, 6.07) is 7.26. The van der Waals surface area contributed by atoms with Gasteiger partial charge in [-0.1, -0.05) is 0 Å². The lowest BCUT2D eigenvalue weighted by molar-refractivity contribution is -0.139. The van der Waals surface area contributed by atoms with Gasteiger partial charge in [0.2, 0.25) is 11.8 Å². The Labute approximate surface area is 112 Å². The van der Waals surface area contributed by atoms with E-state index in [4.69, 9.17) is 4.74 Å². The predicted octanol–water partition coefficient (Wildman–Crippen LogP) is 1.50. The molecule has 1 N–H and O–H groups in total. The van der Waals surface area contributed by atoms with Crippen LogP contribution in [-0.2, 0) is 9.59 Å². The third kappa shape index (κ3) is 3.24. The summed E-state index contributed by atoms with van der Waals surface area (Å²) in [6.07, 6.45) is 0. The van der Waals surface area contributed by atoms with E-state index in [-0.39, 0.29) is 17.7 Å². The molecule has 0 bridgehead atoms. The average molecular weight is 262 g/mol. The van der Waals surface area contributed by atoms with Gasteiger partial charge in [0.05, 0.1) is 12.5 Å². The number of nitrogens with one attached hydrogen (secondary N) is 1. The topological polar surface area (TPSA) is 58.6 Å². The van der Waals surface area contributed by atoms with Crippen LogP contribution in [0.5, 0.6) is 5.75 Å². The molecular formula is C14H18N2O3. The molecule has 0 unspecified atom stereocenters. The van der Waals surface area contributed by atoms with Crippen molar-refractivity contribution < 1.29 is 14.3 Å². The number of carbonyl (C=O) groups is 2. The van der Waals surface area contributed by atoms with Crippen molar-refractivity contribution in [3.05, 3.63) is 24.3 Å². The Bertz CT molecular complexity index is 464. The van der Waals surface area contributed by atoms with Crippen LogP contribution in [-0.4, -0.2) is 36.4 Å². The van der Waals surface area contributed by atoms with Gasteiger partial charge in [0.25, 0.3) is 0 Å². The van der Waals surface area contributed by atoms with Gasteiger partial charge in [-0.25, -0.2) is 0 Å². The monoisotopic (exact) mass is 262 g/mol. The second-order valence-corrected chi connectivity index (χ2v) is 4.57. The number of hydrogen-bond acceptors (Lipinski definition) is 3. The van der Waals surface area contributed by atoms with E-state index >= 15 is 0 Å². The summed E-state index contributed by atoms with van der Waals surface area (Å²) in [7, 11) is 0. The van der Waals surface area contributed by atoms with Crippen LogP contribution in [0.4, 0.5) is 5.69 Å². The van der Waals surface area contributed by atoms with Gasteiger partial charge in [-0.15, -0.1) is 0 Å². The lowest BCUT2D eigenvalue weighted by Crippen LogP contribution is -2.53. The maximum Gasteiger partial charge on any atom is 0.231 e. The second kappa shape index (κ2) is 5.73. The van der Waals surface area contributed by atoms with Crippen molar-refractivity contribution in [2.24, 2.45) is 5.92 Å². The Morgan fingerprint density at radius 3 is 2.47 bits per heavy atom. The highest BCUT2D eigenvalue weighted by Gasteiger charge is 2.33. The van der Waals surface area contributed by atoms with Crippen LogP contribution in [0.25, 0.3) is 0 Å². The smallest absolute Gasteiger partial charge is 0.231 e. The molecule has 102 valence electrons. The zero-order chi connectivity index (χ0) is 13.8. The number of benzene rings is 1. The van der Waals surface area contributed by atoms with Crippen LogP contribution >= 0.6 is 0 Å². The first-order valence-corrected chi connectivity index (χ1v) is 6.39. The number of amides is 2. The molecule has 1 heterocycles. The van der Waals surface area contributed by atoms with E-state index in [0.29, 0.717) is 19.7 Å². The Morgan fingerprint density at radius 1 is 1.32 bits per heavy atom. The minimum absolute atomic E-state index is 0.0186. The lowest BCUT2D eigenvalue weighted by Gasteiger charge is -2.37. The summed E-state index contributed by atoms with van der Waals surface area (Å²) in [5.74, 6) is 0.661. The van der Waals surface area contributed by atoms with Crippen molar-refractivity contribution in [1.82, 2.24) is 4.90 Å². The largest absolute Gasteiger partial charge is 0.494 e. The number of nitrogens with zero attached hydrogens (tertiary/aromatic N) is 1.